The van der Waals surface area contributed by atoms with E-state index in [1.807, 2.05) is 0 Å². The molecule has 0 saturated heterocycles. The molecule has 438 valence electrons. The standard InChI is InChI=1S/C68H131NO5/c1-3-5-7-9-11-13-15-17-18-31-34-37-40-44-48-52-56-60-66(71)65(64-70)69-67(72)61-57-53-49-45-41-38-35-32-29-27-25-23-21-19-20-22-24-26-28-30-33-36-39-43-47-51-55-59-63-74-68(73)62-58-54-50-46-42-16-14-12-10-8-6-4-2/h12,14,19-20,65-66,70-71H,3-11,13,15-18,21-64H2,1-2H3,(H,69,72)/b14-12-,20-19-. The number of hydrogen-bond donors (Lipinski definition) is 3. The highest BCUT2D eigenvalue weighted by molar-refractivity contribution is 5.76. The molecule has 0 spiro atoms. The number of carbonyl (C=O) groups is 2. The van der Waals surface area contributed by atoms with E-state index in [9.17, 15) is 19.8 Å². The average molecular weight is 1040 g/mol. The molecule has 0 rings (SSSR count). The van der Waals surface area contributed by atoms with Gasteiger partial charge in [-0.1, -0.05) is 308 Å². The highest BCUT2D eigenvalue weighted by atomic mass is 16.5. The van der Waals surface area contributed by atoms with Gasteiger partial charge in [0.25, 0.3) is 0 Å². The van der Waals surface area contributed by atoms with Crippen molar-refractivity contribution in [2.75, 3.05) is 13.2 Å². The first kappa shape index (κ1) is 72.3. The van der Waals surface area contributed by atoms with Crippen LogP contribution < -0.4 is 5.32 Å². The Balaban J connectivity index is 3.38. The quantitative estimate of drug-likeness (QED) is 0.0320. The topological polar surface area (TPSA) is 95.9 Å². The first-order valence-electron chi connectivity index (χ1n) is 33.6. The van der Waals surface area contributed by atoms with Crippen LogP contribution in [0.1, 0.15) is 373 Å². The lowest BCUT2D eigenvalue weighted by atomic mass is 10.0. The zero-order chi connectivity index (χ0) is 53.6. The lowest BCUT2D eigenvalue weighted by Crippen LogP contribution is -2.45. The molecule has 0 radical (unpaired) electrons. The second kappa shape index (κ2) is 63.9. The number of allylic oxidation sites excluding steroid dienone is 4. The van der Waals surface area contributed by atoms with Crippen LogP contribution in [0.25, 0.3) is 0 Å². The molecule has 0 aliphatic heterocycles. The molecule has 0 fully saturated rings. The molecular weight excluding hydrogens is 911 g/mol. The molecule has 0 aliphatic carbocycles. The third-order valence-electron chi connectivity index (χ3n) is 15.7. The number of hydrogen-bond acceptors (Lipinski definition) is 5. The molecule has 0 bridgehead atoms. The van der Waals surface area contributed by atoms with Gasteiger partial charge in [-0.3, -0.25) is 9.59 Å². The van der Waals surface area contributed by atoms with E-state index < -0.39 is 12.1 Å². The maximum absolute atomic E-state index is 12.5. The molecule has 0 aliphatic rings. The smallest absolute Gasteiger partial charge is 0.305 e. The Morgan fingerprint density at radius 1 is 0.365 bits per heavy atom. The van der Waals surface area contributed by atoms with Crippen LogP contribution in [-0.4, -0.2) is 47.4 Å². The molecule has 0 aromatic rings. The molecule has 2 unspecified atom stereocenters. The monoisotopic (exact) mass is 1040 g/mol. The molecule has 6 nitrogen and oxygen atoms in total. The van der Waals surface area contributed by atoms with E-state index in [1.54, 1.807) is 0 Å². The summed E-state index contributed by atoms with van der Waals surface area (Å²) in [6.07, 6.45) is 79.3. The van der Waals surface area contributed by atoms with Crippen molar-refractivity contribution in [2.24, 2.45) is 0 Å². The number of unbranched alkanes of at least 4 members (excludes halogenated alkanes) is 48. The fraction of sp³-hybridized carbons (Fsp3) is 0.912. The number of aliphatic hydroxyl groups excluding tert-OH is 2. The van der Waals surface area contributed by atoms with Gasteiger partial charge < -0.3 is 20.3 Å². The molecular formula is C68H131NO5. The summed E-state index contributed by atoms with van der Waals surface area (Å²) in [6, 6.07) is -0.541. The predicted octanol–water partition coefficient (Wildman–Crippen LogP) is 21.4. The van der Waals surface area contributed by atoms with Crippen molar-refractivity contribution >= 4 is 11.9 Å². The third-order valence-corrected chi connectivity index (χ3v) is 15.7. The zero-order valence-electron chi connectivity index (χ0n) is 50.1. The molecule has 6 heteroatoms. The van der Waals surface area contributed by atoms with Gasteiger partial charge in [-0.2, -0.15) is 0 Å². The van der Waals surface area contributed by atoms with Gasteiger partial charge in [0, 0.05) is 12.8 Å². The Labute approximate surface area is 462 Å². The summed E-state index contributed by atoms with van der Waals surface area (Å²) in [4.78, 5) is 24.5. The Hall–Kier alpha value is -1.66. The Bertz CT molecular complexity index is 1150. The molecule has 3 N–H and O–H groups in total. The van der Waals surface area contributed by atoms with E-state index in [2.05, 4.69) is 43.5 Å². The molecule has 0 heterocycles. The number of amides is 1. The first-order chi connectivity index (χ1) is 36.5. The van der Waals surface area contributed by atoms with Gasteiger partial charge in [0.15, 0.2) is 0 Å². The van der Waals surface area contributed by atoms with E-state index in [4.69, 9.17) is 4.74 Å². The van der Waals surface area contributed by atoms with Crippen LogP contribution >= 0.6 is 0 Å². The van der Waals surface area contributed by atoms with Crippen molar-refractivity contribution in [2.45, 2.75) is 386 Å². The van der Waals surface area contributed by atoms with Gasteiger partial charge in [0.2, 0.25) is 5.91 Å². The van der Waals surface area contributed by atoms with Crippen molar-refractivity contribution < 1.29 is 24.5 Å². The average Bonchev–Trinajstić information content (AvgIpc) is 3.40. The molecule has 2 atom stereocenters. The lowest BCUT2D eigenvalue weighted by molar-refractivity contribution is -0.143. The van der Waals surface area contributed by atoms with Crippen LogP contribution in [0.2, 0.25) is 0 Å². The summed E-state index contributed by atoms with van der Waals surface area (Å²) in [7, 11) is 0. The number of carbonyl (C=O) groups excluding carboxylic acids is 2. The van der Waals surface area contributed by atoms with Crippen LogP contribution in [-0.2, 0) is 14.3 Å². The van der Waals surface area contributed by atoms with Crippen molar-refractivity contribution in [3.63, 3.8) is 0 Å². The molecule has 0 aromatic heterocycles. The van der Waals surface area contributed by atoms with Crippen LogP contribution in [0.15, 0.2) is 24.3 Å². The van der Waals surface area contributed by atoms with Gasteiger partial charge in [0.05, 0.1) is 25.4 Å². The number of esters is 1. The van der Waals surface area contributed by atoms with Crippen LogP contribution in [0, 0.1) is 0 Å². The Morgan fingerprint density at radius 3 is 0.986 bits per heavy atom. The van der Waals surface area contributed by atoms with Crippen LogP contribution in [0.4, 0.5) is 0 Å². The van der Waals surface area contributed by atoms with Crippen molar-refractivity contribution in [3.8, 4) is 0 Å². The van der Waals surface area contributed by atoms with Gasteiger partial charge in [-0.15, -0.1) is 0 Å². The van der Waals surface area contributed by atoms with Crippen LogP contribution in [0.3, 0.4) is 0 Å². The third kappa shape index (κ3) is 59.6. The van der Waals surface area contributed by atoms with Crippen LogP contribution in [0.5, 0.6) is 0 Å². The molecule has 74 heavy (non-hydrogen) atoms. The summed E-state index contributed by atoms with van der Waals surface area (Å²) in [5, 5.41) is 23.4. The maximum Gasteiger partial charge on any atom is 0.305 e. The predicted molar refractivity (Wildman–Crippen MR) is 324 cm³/mol. The van der Waals surface area contributed by atoms with E-state index in [1.165, 1.54) is 295 Å². The molecule has 0 saturated carbocycles. The number of nitrogens with one attached hydrogen (secondary N) is 1. The largest absolute Gasteiger partial charge is 0.466 e. The maximum atomic E-state index is 12.5. The highest BCUT2D eigenvalue weighted by Gasteiger charge is 2.20. The van der Waals surface area contributed by atoms with Gasteiger partial charge in [0.1, 0.15) is 0 Å². The fourth-order valence-electron chi connectivity index (χ4n) is 10.6. The highest BCUT2D eigenvalue weighted by Crippen LogP contribution is 2.18. The van der Waals surface area contributed by atoms with E-state index in [0.29, 0.717) is 25.9 Å². The SMILES string of the molecule is CCCCC/C=C\CCCCCCCC(=O)OCCCCCCCCCCCCCC/C=C\CCCCCCCCCCCCCCC(=O)NC(CO)C(O)CCCCCCCCCCCCCCCCCCC. The van der Waals surface area contributed by atoms with Gasteiger partial charge >= 0.3 is 5.97 Å². The second-order valence-electron chi connectivity index (χ2n) is 23.1. The second-order valence-corrected chi connectivity index (χ2v) is 23.1. The Morgan fingerprint density at radius 2 is 0.635 bits per heavy atom. The van der Waals surface area contributed by atoms with E-state index >= 15 is 0 Å². The number of ether oxygens (including phenoxy) is 1. The minimum absolute atomic E-state index is 0.00616. The summed E-state index contributed by atoms with van der Waals surface area (Å²) in [6.45, 7) is 4.96. The number of aliphatic hydroxyl groups is 2. The van der Waals surface area contributed by atoms with Gasteiger partial charge in [-0.05, 0) is 77.0 Å². The minimum Gasteiger partial charge on any atom is -0.466 e. The first-order valence-corrected chi connectivity index (χ1v) is 33.6. The molecule has 0 aromatic carbocycles. The Kier molecular flexibility index (Phi) is 62.4. The van der Waals surface area contributed by atoms with Crippen molar-refractivity contribution in [3.05, 3.63) is 24.3 Å². The van der Waals surface area contributed by atoms with E-state index in [0.717, 1.165) is 44.9 Å². The minimum atomic E-state index is -0.664. The summed E-state index contributed by atoms with van der Waals surface area (Å²) < 4.78 is 5.47. The van der Waals surface area contributed by atoms with E-state index in [-0.39, 0.29) is 18.5 Å². The van der Waals surface area contributed by atoms with Gasteiger partial charge in [-0.25, -0.2) is 0 Å². The van der Waals surface area contributed by atoms with Crippen molar-refractivity contribution in [1.29, 1.82) is 0 Å². The summed E-state index contributed by atoms with van der Waals surface area (Å²) >= 11 is 0. The molecule has 1 amide bonds. The zero-order valence-corrected chi connectivity index (χ0v) is 50.1. The fourth-order valence-corrected chi connectivity index (χ4v) is 10.6. The lowest BCUT2D eigenvalue weighted by Gasteiger charge is -2.22. The summed E-state index contributed by atoms with van der Waals surface area (Å²) in [5.41, 5.74) is 0. The normalized spacial score (nSPS) is 12.6. The number of rotatable bonds is 63. The van der Waals surface area contributed by atoms with Crippen molar-refractivity contribution in [1.82, 2.24) is 5.32 Å². The summed E-state index contributed by atoms with van der Waals surface area (Å²) in [5.74, 6) is -0.0256.